The lowest BCUT2D eigenvalue weighted by molar-refractivity contribution is 0.0564. The fraction of sp³-hybridized carbons (Fsp3) is 0.400. The largest absolute Gasteiger partial charge is 0.367 e. The molecule has 1 N–H and O–H groups in total. The van der Waals surface area contributed by atoms with E-state index in [1.165, 1.54) is 4.31 Å². The zero-order chi connectivity index (χ0) is 18.9. The number of rotatable bonds is 4. The third-order valence-electron chi connectivity index (χ3n) is 5.30. The van der Waals surface area contributed by atoms with Crippen LogP contribution in [0.15, 0.2) is 53.4 Å². The zero-order valence-corrected chi connectivity index (χ0v) is 16.3. The highest BCUT2D eigenvalue weighted by molar-refractivity contribution is 7.92. The van der Waals surface area contributed by atoms with E-state index in [2.05, 4.69) is 10.2 Å². The Balaban J connectivity index is 1.68. The molecule has 1 fully saturated rings. The number of ether oxygens (including phenoxy) is 1. The molecule has 27 heavy (non-hydrogen) atoms. The van der Waals surface area contributed by atoms with Gasteiger partial charge in [0, 0.05) is 50.9 Å². The smallest absolute Gasteiger partial charge is 0.264 e. The first kappa shape index (κ1) is 18.4. The number of nitrogens with zero attached hydrogens (tertiary/aromatic N) is 2. The van der Waals surface area contributed by atoms with Gasteiger partial charge in [-0.3, -0.25) is 9.21 Å². The summed E-state index contributed by atoms with van der Waals surface area (Å²) < 4.78 is 33.9. The van der Waals surface area contributed by atoms with Crippen LogP contribution in [-0.4, -0.2) is 59.7 Å². The van der Waals surface area contributed by atoms with Crippen LogP contribution in [0.3, 0.4) is 0 Å². The molecule has 1 saturated heterocycles. The Morgan fingerprint density at radius 3 is 2.48 bits per heavy atom. The molecule has 0 unspecified atom stereocenters. The molecule has 1 atom stereocenters. The van der Waals surface area contributed by atoms with Gasteiger partial charge in [-0.1, -0.05) is 36.4 Å². The van der Waals surface area contributed by atoms with Crippen LogP contribution >= 0.6 is 0 Å². The molecule has 0 spiro atoms. The number of benzene rings is 2. The van der Waals surface area contributed by atoms with E-state index in [1.807, 2.05) is 36.4 Å². The van der Waals surface area contributed by atoms with Gasteiger partial charge in [-0.25, -0.2) is 8.42 Å². The van der Waals surface area contributed by atoms with Crippen molar-refractivity contribution in [1.82, 2.24) is 10.2 Å². The summed E-state index contributed by atoms with van der Waals surface area (Å²) in [5, 5.41) is 3.35. The predicted molar refractivity (Wildman–Crippen MR) is 106 cm³/mol. The van der Waals surface area contributed by atoms with Crippen LogP contribution in [-0.2, 0) is 14.8 Å². The Bertz CT molecular complexity index is 910. The summed E-state index contributed by atoms with van der Waals surface area (Å²) in [6, 6.07) is 14.7. The van der Waals surface area contributed by atoms with E-state index in [0.29, 0.717) is 22.8 Å². The van der Waals surface area contributed by atoms with E-state index < -0.39 is 16.1 Å². The third kappa shape index (κ3) is 3.48. The van der Waals surface area contributed by atoms with Crippen molar-refractivity contribution in [3.8, 4) is 0 Å². The molecule has 2 heterocycles. The monoisotopic (exact) mass is 387 g/mol. The van der Waals surface area contributed by atoms with Gasteiger partial charge < -0.3 is 10.1 Å². The van der Waals surface area contributed by atoms with Crippen molar-refractivity contribution in [2.45, 2.75) is 11.0 Å². The van der Waals surface area contributed by atoms with Crippen molar-refractivity contribution >= 4 is 15.7 Å². The number of nitrogens with one attached hydrogen (secondary N) is 1. The summed E-state index contributed by atoms with van der Waals surface area (Å²) in [4.78, 5) is 2.68. The van der Waals surface area contributed by atoms with E-state index >= 15 is 0 Å². The van der Waals surface area contributed by atoms with Crippen molar-refractivity contribution in [1.29, 1.82) is 0 Å². The number of piperazine rings is 1. The molecule has 4 rings (SSSR count). The molecule has 6 nitrogen and oxygen atoms in total. The SMILES string of the molecule is CN1c2ccccc2[C@H](OCCN2CCNCC2)c2ccccc2S1(=O)=O. The van der Waals surface area contributed by atoms with Gasteiger partial charge in [-0.05, 0) is 12.1 Å². The second-order valence-electron chi connectivity index (χ2n) is 6.91. The van der Waals surface area contributed by atoms with E-state index in [0.717, 1.165) is 38.3 Å². The predicted octanol–water partition coefficient (Wildman–Crippen LogP) is 1.84. The maximum Gasteiger partial charge on any atom is 0.264 e. The highest BCUT2D eigenvalue weighted by atomic mass is 32.2. The van der Waals surface area contributed by atoms with Crippen molar-refractivity contribution < 1.29 is 13.2 Å². The van der Waals surface area contributed by atoms with Gasteiger partial charge in [-0.15, -0.1) is 0 Å². The number of anilines is 1. The van der Waals surface area contributed by atoms with Gasteiger partial charge in [0.1, 0.15) is 6.10 Å². The highest BCUT2D eigenvalue weighted by Gasteiger charge is 2.35. The highest BCUT2D eigenvalue weighted by Crippen LogP contribution is 2.41. The Labute approximate surface area is 160 Å². The molecular weight excluding hydrogens is 362 g/mol. The van der Waals surface area contributed by atoms with Crippen LogP contribution in [0.4, 0.5) is 5.69 Å². The minimum Gasteiger partial charge on any atom is -0.367 e. The van der Waals surface area contributed by atoms with Gasteiger partial charge in [0.25, 0.3) is 10.0 Å². The molecule has 0 bridgehead atoms. The molecule has 0 amide bonds. The lowest BCUT2D eigenvalue weighted by Crippen LogP contribution is -2.44. The van der Waals surface area contributed by atoms with E-state index in [9.17, 15) is 8.42 Å². The summed E-state index contributed by atoms with van der Waals surface area (Å²) in [6.07, 6.45) is -0.403. The molecule has 7 heteroatoms. The summed E-state index contributed by atoms with van der Waals surface area (Å²) in [5.74, 6) is 0. The number of sulfonamides is 1. The lowest BCUT2D eigenvalue weighted by atomic mass is 9.99. The molecule has 2 aromatic carbocycles. The molecule has 2 aliphatic rings. The first-order chi connectivity index (χ1) is 13.1. The van der Waals surface area contributed by atoms with Crippen LogP contribution in [0.1, 0.15) is 17.2 Å². The number of para-hydroxylation sites is 1. The van der Waals surface area contributed by atoms with Gasteiger partial charge in [0.2, 0.25) is 0 Å². The van der Waals surface area contributed by atoms with E-state index in [4.69, 9.17) is 4.74 Å². The van der Waals surface area contributed by atoms with Crippen molar-refractivity contribution in [3.63, 3.8) is 0 Å². The molecule has 2 aliphatic heterocycles. The van der Waals surface area contributed by atoms with Crippen LogP contribution in [0.5, 0.6) is 0 Å². The van der Waals surface area contributed by atoms with Gasteiger partial charge in [0.15, 0.2) is 0 Å². The summed E-state index contributed by atoms with van der Waals surface area (Å²) in [5.41, 5.74) is 2.25. The normalized spacial score (nSPS) is 22.0. The summed E-state index contributed by atoms with van der Waals surface area (Å²) in [6.45, 7) is 5.41. The Morgan fingerprint density at radius 1 is 1.04 bits per heavy atom. The van der Waals surface area contributed by atoms with Gasteiger partial charge in [0.05, 0.1) is 17.2 Å². The van der Waals surface area contributed by atoms with Crippen LogP contribution in [0.25, 0.3) is 0 Å². The standard InChI is InChI=1S/C20H25N3O3S/c1-22-18-8-4-2-6-16(18)20(26-15-14-23-12-10-21-11-13-23)17-7-3-5-9-19(17)27(22,24)25/h2-9,20-21H,10-15H2,1H3/t20-/m0/s1. The van der Waals surface area contributed by atoms with Crippen molar-refractivity contribution in [2.24, 2.45) is 0 Å². The average molecular weight is 388 g/mol. The molecule has 0 aliphatic carbocycles. The molecule has 0 radical (unpaired) electrons. The van der Waals surface area contributed by atoms with E-state index in [1.54, 1.807) is 19.2 Å². The number of hydrogen-bond acceptors (Lipinski definition) is 5. The second-order valence-corrected chi connectivity index (χ2v) is 8.85. The Kier molecular flexibility index (Phi) is 5.19. The fourth-order valence-corrected chi connectivity index (χ4v) is 5.23. The topological polar surface area (TPSA) is 61.9 Å². The zero-order valence-electron chi connectivity index (χ0n) is 15.5. The summed E-state index contributed by atoms with van der Waals surface area (Å²) in [7, 11) is -2.01. The Hall–Kier alpha value is -1.93. The van der Waals surface area contributed by atoms with Crippen LogP contribution in [0.2, 0.25) is 0 Å². The Morgan fingerprint density at radius 2 is 1.70 bits per heavy atom. The van der Waals surface area contributed by atoms with Crippen molar-refractivity contribution in [2.75, 3.05) is 50.7 Å². The first-order valence-electron chi connectivity index (χ1n) is 9.30. The molecule has 144 valence electrons. The van der Waals surface area contributed by atoms with Crippen LogP contribution in [0, 0.1) is 0 Å². The van der Waals surface area contributed by atoms with E-state index in [-0.39, 0.29) is 0 Å². The van der Waals surface area contributed by atoms with Gasteiger partial charge >= 0.3 is 0 Å². The minimum atomic E-state index is -3.61. The number of fused-ring (bicyclic) bond motifs is 2. The molecule has 0 aromatic heterocycles. The number of hydrogen-bond donors (Lipinski definition) is 1. The maximum absolute atomic E-state index is 13.1. The average Bonchev–Trinajstić information content (AvgIpc) is 2.77. The first-order valence-corrected chi connectivity index (χ1v) is 10.7. The summed E-state index contributed by atoms with van der Waals surface area (Å²) >= 11 is 0. The molecular formula is C20H25N3O3S. The fourth-order valence-electron chi connectivity index (χ4n) is 3.79. The quantitative estimate of drug-likeness (QED) is 0.867. The molecule has 0 saturated carbocycles. The van der Waals surface area contributed by atoms with Gasteiger partial charge in [-0.2, -0.15) is 0 Å². The minimum absolute atomic E-state index is 0.316. The molecule has 2 aromatic rings. The second kappa shape index (κ2) is 7.59. The third-order valence-corrected chi connectivity index (χ3v) is 7.15. The van der Waals surface area contributed by atoms with Crippen molar-refractivity contribution in [3.05, 3.63) is 59.7 Å². The lowest BCUT2D eigenvalue weighted by Gasteiger charge is -2.28. The van der Waals surface area contributed by atoms with Crippen LogP contribution < -0.4 is 9.62 Å². The maximum atomic E-state index is 13.1.